The Morgan fingerprint density at radius 2 is 1.08 bits per heavy atom. The predicted molar refractivity (Wildman–Crippen MR) is 193 cm³/mol. The van der Waals surface area contributed by atoms with Gasteiger partial charge >= 0.3 is 0 Å². The quantitative estimate of drug-likeness (QED) is 0.0767. The Morgan fingerprint density at radius 3 is 1.40 bits per heavy atom. The first-order valence-corrected chi connectivity index (χ1v) is 16.1. The molecule has 0 aliphatic heterocycles. The minimum atomic E-state index is -0.949. The molecule has 0 fully saturated rings. The number of nitrogens with one attached hydrogen (secondary N) is 4. The van der Waals surface area contributed by atoms with E-state index in [0.29, 0.717) is 34.0 Å². The van der Waals surface area contributed by atoms with Crippen LogP contribution in [0.5, 0.6) is 11.5 Å². The number of rotatable bonds is 17. The third kappa shape index (κ3) is 9.23. The van der Waals surface area contributed by atoms with Gasteiger partial charge in [0, 0.05) is 60.1 Å². The van der Waals surface area contributed by atoms with E-state index in [0.717, 1.165) is 22.3 Å². The number of hydrogen-bond acceptors (Lipinski definition) is 12. The second kappa shape index (κ2) is 17.8. The molecule has 0 radical (unpaired) electrons. The lowest BCUT2D eigenvalue weighted by atomic mass is 9.94. The fourth-order valence-electron chi connectivity index (χ4n) is 5.30. The normalized spacial score (nSPS) is 12.0. The summed E-state index contributed by atoms with van der Waals surface area (Å²) in [5.41, 5.74) is 16.1. The molecule has 10 N–H and O–H groups in total. The fraction of sp³-hybridized carbons (Fsp3) is 0.278. The van der Waals surface area contributed by atoms with Crippen LogP contribution in [-0.4, -0.2) is 83.3 Å². The van der Waals surface area contributed by atoms with Crippen molar-refractivity contribution in [3.05, 3.63) is 94.6 Å². The summed E-state index contributed by atoms with van der Waals surface area (Å²) in [6, 6.07) is 12.0. The summed E-state index contributed by atoms with van der Waals surface area (Å²) in [6.45, 7) is 3.03. The third-order valence-corrected chi connectivity index (χ3v) is 8.38. The zero-order chi connectivity index (χ0) is 37.9. The number of nitrogens with zero attached hydrogens (tertiary/aromatic N) is 2. The van der Waals surface area contributed by atoms with Gasteiger partial charge in [-0.05, 0) is 48.2 Å². The molecule has 0 saturated heterocycles. The lowest BCUT2D eigenvalue weighted by Crippen LogP contribution is -2.43. The Kier molecular flexibility index (Phi) is 13.3. The Hall–Kier alpha value is -5.94. The third-order valence-electron chi connectivity index (χ3n) is 8.38. The Bertz CT molecular complexity index is 1810. The number of primary amides is 2. The summed E-state index contributed by atoms with van der Waals surface area (Å²) in [4.78, 5) is 58.0. The summed E-state index contributed by atoms with van der Waals surface area (Å²) < 4.78 is 10.9. The standard InChI is InChI=1S/C36H42N8O8/c1-19-23(7-5-9-25(19)43-35(49)27-11-31(51-3)21(13-39-27)15-41-29(17-45)33(37)47)24-8-6-10-26(20(24)2)44-36(50)28-12-32(52-4)22(14-40-28)16-42-30(18-46)34(38)48/h5-14,29-30,41-42,45-46H,15-18H2,1-4H3,(H2,37,47)(H2,38,48)(H,43,49)(H,44,50)/t29-,30-/m1/s1. The molecule has 4 aromatic rings. The number of amides is 4. The van der Waals surface area contributed by atoms with Crippen LogP contribution in [0.2, 0.25) is 0 Å². The van der Waals surface area contributed by atoms with Gasteiger partial charge in [0.2, 0.25) is 11.8 Å². The minimum absolute atomic E-state index is 0.0921. The van der Waals surface area contributed by atoms with Crippen LogP contribution in [0.1, 0.15) is 43.2 Å². The smallest absolute Gasteiger partial charge is 0.274 e. The monoisotopic (exact) mass is 714 g/mol. The van der Waals surface area contributed by atoms with E-state index < -0.39 is 48.9 Å². The number of anilines is 2. The average molecular weight is 715 g/mol. The number of benzene rings is 2. The highest BCUT2D eigenvalue weighted by atomic mass is 16.5. The molecule has 0 bridgehead atoms. The molecule has 0 spiro atoms. The number of hydrogen-bond donors (Lipinski definition) is 8. The Balaban J connectivity index is 1.51. The van der Waals surface area contributed by atoms with Gasteiger partial charge in [0.1, 0.15) is 35.0 Å². The maximum absolute atomic E-state index is 13.3. The Morgan fingerprint density at radius 1 is 0.692 bits per heavy atom. The molecule has 52 heavy (non-hydrogen) atoms. The highest BCUT2D eigenvalue weighted by Crippen LogP contribution is 2.34. The van der Waals surface area contributed by atoms with Crippen LogP contribution < -0.4 is 42.2 Å². The van der Waals surface area contributed by atoms with Gasteiger partial charge in [-0.15, -0.1) is 0 Å². The van der Waals surface area contributed by atoms with Crippen LogP contribution in [0.4, 0.5) is 11.4 Å². The van der Waals surface area contributed by atoms with Gasteiger partial charge in [-0.3, -0.25) is 39.8 Å². The molecule has 2 atom stereocenters. The minimum Gasteiger partial charge on any atom is -0.496 e. The van der Waals surface area contributed by atoms with Gasteiger partial charge in [-0.1, -0.05) is 24.3 Å². The molecule has 16 nitrogen and oxygen atoms in total. The van der Waals surface area contributed by atoms with Gasteiger partial charge in [-0.25, -0.2) is 0 Å². The summed E-state index contributed by atoms with van der Waals surface area (Å²) >= 11 is 0. The van der Waals surface area contributed by atoms with Crippen molar-refractivity contribution in [1.29, 1.82) is 0 Å². The van der Waals surface area contributed by atoms with Crippen LogP contribution in [0.15, 0.2) is 60.9 Å². The second-order valence-electron chi connectivity index (χ2n) is 11.7. The van der Waals surface area contributed by atoms with Crippen molar-refractivity contribution < 1.29 is 38.9 Å². The molecule has 16 heteroatoms. The molecule has 2 aromatic carbocycles. The van der Waals surface area contributed by atoms with Crippen molar-refractivity contribution in [1.82, 2.24) is 20.6 Å². The molecular formula is C36H42N8O8. The van der Waals surface area contributed by atoms with Crippen molar-refractivity contribution >= 4 is 35.0 Å². The number of ether oxygens (including phenoxy) is 2. The molecule has 0 unspecified atom stereocenters. The summed E-state index contributed by atoms with van der Waals surface area (Å²) in [5.74, 6) is -1.66. The molecule has 0 aliphatic carbocycles. The van der Waals surface area contributed by atoms with E-state index >= 15 is 0 Å². The van der Waals surface area contributed by atoms with Gasteiger partial charge < -0.3 is 41.8 Å². The first-order valence-electron chi connectivity index (χ1n) is 16.1. The highest BCUT2D eigenvalue weighted by molar-refractivity contribution is 6.05. The molecule has 0 aliphatic rings. The number of nitrogens with two attached hydrogens (primary N) is 2. The zero-order valence-corrected chi connectivity index (χ0v) is 29.1. The molecule has 2 aromatic heterocycles. The van der Waals surface area contributed by atoms with Crippen molar-refractivity contribution in [3.63, 3.8) is 0 Å². The summed E-state index contributed by atoms with van der Waals surface area (Å²) in [5, 5.41) is 30.2. The number of methoxy groups -OCH3 is 2. The summed E-state index contributed by atoms with van der Waals surface area (Å²) in [7, 11) is 2.88. The van der Waals surface area contributed by atoms with Crippen LogP contribution in [0.3, 0.4) is 0 Å². The van der Waals surface area contributed by atoms with E-state index in [1.165, 1.54) is 38.7 Å². The van der Waals surface area contributed by atoms with Crippen LogP contribution in [0, 0.1) is 13.8 Å². The van der Waals surface area contributed by atoms with Gasteiger partial charge in [0.15, 0.2) is 0 Å². The summed E-state index contributed by atoms with van der Waals surface area (Å²) in [6.07, 6.45) is 2.89. The number of aliphatic hydroxyl groups excluding tert-OH is 2. The number of pyridine rings is 2. The van der Waals surface area contributed by atoms with E-state index in [-0.39, 0.29) is 24.5 Å². The zero-order valence-electron chi connectivity index (χ0n) is 29.1. The highest BCUT2D eigenvalue weighted by Gasteiger charge is 2.20. The van der Waals surface area contributed by atoms with E-state index in [2.05, 4.69) is 31.2 Å². The van der Waals surface area contributed by atoms with Crippen LogP contribution in [0.25, 0.3) is 11.1 Å². The number of aliphatic hydroxyl groups is 2. The van der Waals surface area contributed by atoms with E-state index in [1.54, 1.807) is 24.3 Å². The first-order chi connectivity index (χ1) is 24.9. The van der Waals surface area contributed by atoms with Crippen LogP contribution in [-0.2, 0) is 22.7 Å². The SMILES string of the molecule is COc1cc(C(=O)Nc2cccc(-c3cccc(NC(=O)c4cc(OC)c(CN[C@H](CO)C(N)=O)cn4)c3C)c2C)ncc1CN[C@H](CO)C(N)=O. The number of carbonyl (C=O) groups excluding carboxylic acids is 4. The second-order valence-corrected chi connectivity index (χ2v) is 11.7. The van der Waals surface area contributed by atoms with Gasteiger partial charge in [0.25, 0.3) is 11.8 Å². The fourth-order valence-corrected chi connectivity index (χ4v) is 5.30. The average Bonchev–Trinajstić information content (AvgIpc) is 3.13. The van der Waals surface area contributed by atoms with E-state index in [4.69, 9.17) is 20.9 Å². The first kappa shape index (κ1) is 38.9. The van der Waals surface area contributed by atoms with E-state index in [9.17, 15) is 29.4 Å². The maximum atomic E-state index is 13.3. The largest absolute Gasteiger partial charge is 0.496 e. The van der Waals surface area contributed by atoms with Crippen LogP contribution >= 0.6 is 0 Å². The predicted octanol–water partition coefficient (Wildman–Crippen LogP) is 1.15. The lowest BCUT2D eigenvalue weighted by Gasteiger charge is -2.17. The van der Waals surface area contributed by atoms with Crippen molar-refractivity contribution in [2.75, 3.05) is 38.1 Å². The molecule has 0 saturated carbocycles. The Labute approximate surface area is 299 Å². The lowest BCUT2D eigenvalue weighted by molar-refractivity contribution is -0.121. The molecule has 274 valence electrons. The van der Waals surface area contributed by atoms with Crippen molar-refractivity contribution in [3.8, 4) is 22.6 Å². The number of aromatic nitrogens is 2. The van der Waals surface area contributed by atoms with Gasteiger partial charge in [-0.2, -0.15) is 0 Å². The number of carbonyl (C=O) groups is 4. The molecular weight excluding hydrogens is 672 g/mol. The molecule has 4 amide bonds. The topological polar surface area (TPSA) is 253 Å². The van der Waals surface area contributed by atoms with E-state index in [1.807, 2.05) is 26.0 Å². The van der Waals surface area contributed by atoms with Crippen molar-refractivity contribution in [2.24, 2.45) is 11.5 Å². The van der Waals surface area contributed by atoms with Gasteiger partial charge in [0.05, 0.1) is 27.4 Å². The maximum Gasteiger partial charge on any atom is 0.274 e. The molecule has 4 rings (SSSR count). The van der Waals surface area contributed by atoms with Crippen molar-refractivity contribution in [2.45, 2.75) is 39.0 Å². The molecule has 2 heterocycles.